The summed E-state index contributed by atoms with van der Waals surface area (Å²) in [5.74, 6) is 5.98. The third-order valence-corrected chi connectivity index (χ3v) is 4.97. The molecule has 146 valence electrons. The summed E-state index contributed by atoms with van der Waals surface area (Å²) in [4.78, 5) is 16.0. The van der Waals surface area contributed by atoms with Gasteiger partial charge in [-0.3, -0.25) is 0 Å². The van der Waals surface area contributed by atoms with Crippen molar-refractivity contribution in [3.8, 4) is 29.0 Å². The zero-order chi connectivity index (χ0) is 20.8. The molecule has 1 heterocycles. The zero-order valence-corrected chi connectivity index (χ0v) is 16.3. The minimum atomic E-state index is -0.450. The lowest BCUT2D eigenvalue weighted by atomic mass is 9.98. The molecule has 0 atom stereocenters. The Morgan fingerprint density at radius 3 is 2.47 bits per heavy atom. The first-order valence-corrected chi connectivity index (χ1v) is 9.70. The number of carbonyl (C=O) groups is 1. The number of aromatic nitrogens is 1. The fraction of sp³-hybridized carbons (Fsp3) is 0.160. The molecule has 1 aromatic heterocycles. The molecular weight excluding hydrogens is 374 g/mol. The molecule has 1 aliphatic rings. The van der Waals surface area contributed by atoms with Crippen molar-refractivity contribution in [2.45, 2.75) is 12.3 Å². The van der Waals surface area contributed by atoms with Crippen LogP contribution in [0.4, 0.5) is 4.79 Å². The first-order valence-electron chi connectivity index (χ1n) is 9.70. The van der Waals surface area contributed by atoms with Crippen molar-refractivity contribution >= 4 is 6.09 Å². The van der Waals surface area contributed by atoms with Crippen molar-refractivity contribution in [2.24, 2.45) is 0 Å². The van der Waals surface area contributed by atoms with Crippen molar-refractivity contribution in [1.29, 1.82) is 5.26 Å². The summed E-state index contributed by atoms with van der Waals surface area (Å²) < 4.78 is 5.49. The Morgan fingerprint density at radius 2 is 1.77 bits per heavy atom. The maximum Gasteiger partial charge on any atom is 0.407 e. The van der Waals surface area contributed by atoms with Gasteiger partial charge in [0, 0.05) is 30.6 Å². The van der Waals surface area contributed by atoms with E-state index >= 15 is 0 Å². The molecule has 0 saturated carbocycles. The SMILES string of the molecule is N#Cc1cc(C#CCCNC(=O)OCC2c3ccccc3-c3ccccc32)ccn1. The van der Waals surface area contributed by atoms with Gasteiger partial charge in [0.25, 0.3) is 0 Å². The Labute approximate surface area is 175 Å². The summed E-state index contributed by atoms with van der Waals surface area (Å²) >= 11 is 0. The molecule has 5 nitrogen and oxygen atoms in total. The normalized spacial score (nSPS) is 11.4. The number of alkyl carbamates (subject to hydrolysis) is 1. The van der Waals surface area contributed by atoms with Crippen LogP contribution in [0.5, 0.6) is 0 Å². The predicted molar refractivity (Wildman–Crippen MR) is 114 cm³/mol. The van der Waals surface area contributed by atoms with E-state index in [1.54, 1.807) is 18.3 Å². The molecule has 0 aliphatic heterocycles. The fourth-order valence-corrected chi connectivity index (χ4v) is 3.61. The standard InChI is InChI=1S/C25H19N3O2/c26-16-19-15-18(12-14-27-19)7-5-6-13-28-25(29)30-17-24-22-10-3-1-8-20(22)21-9-2-4-11-23(21)24/h1-4,8-12,14-15,24H,6,13,17H2,(H,28,29). The highest BCUT2D eigenvalue weighted by Crippen LogP contribution is 2.44. The molecule has 1 aliphatic carbocycles. The van der Waals surface area contributed by atoms with E-state index in [4.69, 9.17) is 10.00 Å². The third kappa shape index (κ3) is 4.16. The van der Waals surface area contributed by atoms with Crippen LogP contribution < -0.4 is 5.32 Å². The van der Waals surface area contributed by atoms with Crippen LogP contribution in [-0.4, -0.2) is 24.2 Å². The van der Waals surface area contributed by atoms with Crippen LogP contribution in [0.3, 0.4) is 0 Å². The predicted octanol–water partition coefficient (Wildman–Crippen LogP) is 4.23. The maximum atomic E-state index is 12.1. The topological polar surface area (TPSA) is 75.0 Å². The van der Waals surface area contributed by atoms with E-state index in [0.29, 0.717) is 25.3 Å². The number of ether oxygens (including phenoxy) is 1. The van der Waals surface area contributed by atoms with Crippen LogP contribution >= 0.6 is 0 Å². The van der Waals surface area contributed by atoms with Gasteiger partial charge in [-0.15, -0.1) is 0 Å². The Bertz CT molecular complexity index is 1140. The number of hydrogen-bond donors (Lipinski definition) is 1. The Hall–Kier alpha value is -4.09. The Balaban J connectivity index is 1.29. The lowest BCUT2D eigenvalue weighted by molar-refractivity contribution is 0.143. The molecule has 4 rings (SSSR count). The molecule has 0 fully saturated rings. The molecule has 0 saturated heterocycles. The van der Waals surface area contributed by atoms with Crippen LogP contribution in [0, 0.1) is 23.2 Å². The number of pyridine rings is 1. The molecule has 0 bridgehead atoms. The monoisotopic (exact) mass is 393 g/mol. The fourth-order valence-electron chi connectivity index (χ4n) is 3.61. The summed E-state index contributed by atoms with van der Waals surface area (Å²) in [6.45, 7) is 0.680. The number of nitriles is 1. The molecular formula is C25H19N3O2. The number of carbonyl (C=O) groups excluding carboxylic acids is 1. The summed E-state index contributed by atoms with van der Waals surface area (Å²) in [5.41, 5.74) is 5.83. The number of fused-ring (bicyclic) bond motifs is 3. The molecule has 2 aromatic carbocycles. The van der Waals surface area contributed by atoms with Gasteiger partial charge in [-0.2, -0.15) is 5.26 Å². The van der Waals surface area contributed by atoms with Gasteiger partial charge in [0.05, 0.1) is 0 Å². The molecule has 3 aromatic rings. The van der Waals surface area contributed by atoms with Crippen LogP contribution in [0.25, 0.3) is 11.1 Å². The largest absolute Gasteiger partial charge is 0.449 e. The second-order valence-electron chi connectivity index (χ2n) is 6.85. The number of rotatable bonds is 4. The molecule has 0 unspecified atom stereocenters. The Kier molecular flexibility index (Phi) is 5.73. The molecule has 1 amide bonds. The number of nitrogens with one attached hydrogen (secondary N) is 1. The summed E-state index contributed by atoms with van der Waals surface area (Å²) in [7, 11) is 0. The van der Waals surface area contributed by atoms with Crippen molar-refractivity contribution < 1.29 is 9.53 Å². The van der Waals surface area contributed by atoms with Crippen LogP contribution in [0.1, 0.15) is 34.7 Å². The van der Waals surface area contributed by atoms with Crippen molar-refractivity contribution in [2.75, 3.05) is 13.2 Å². The average Bonchev–Trinajstić information content (AvgIpc) is 3.11. The number of nitrogens with zero attached hydrogens (tertiary/aromatic N) is 2. The van der Waals surface area contributed by atoms with Crippen molar-refractivity contribution in [3.05, 3.63) is 89.2 Å². The minimum absolute atomic E-state index is 0.0453. The third-order valence-electron chi connectivity index (χ3n) is 4.97. The van der Waals surface area contributed by atoms with E-state index in [1.807, 2.05) is 30.3 Å². The highest BCUT2D eigenvalue weighted by atomic mass is 16.5. The van der Waals surface area contributed by atoms with Gasteiger partial charge in [-0.25, -0.2) is 9.78 Å². The average molecular weight is 393 g/mol. The second-order valence-corrected chi connectivity index (χ2v) is 6.85. The summed E-state index contributed by atoms with van der Waals surface area (Å²) in [6.07, 6.45) is 1.58. The highest BCUT2D eigenvalue weighted by Gasteiger charge is 2.28. The lowest BCUT2D eigenvalue weighted by Gasteiger charge is -2.14. The quantitative estimate of drug-likeness (QED) is 0.532. The van der Waals surface area contributed by atoms with E-state index in [2.05, 4.69) is 46.4 Å². The van der Waals surface area contributed by atoms with E-state index in [-0.39, 0.29) is 5.92 Å². The van der Waals surface area contributed by atoms with E-state index < -0.39 is 6.09 Å². The van der Waals surface area contributed by atoms with Crippen molar-refractivity contribution in [3.63, 3.8) is 0 Å². The lowest BCUT2D eigenvalue weighted by Crippen LogP contribution is -2.26. The van der Waals surface area contributed by atoms with Crippen LogP contribution in [0.2, 0.25) is 0 Å². The van der Waals surface area contributed by atoms with Crippen LogP contribution in [0.15, 0.2) is 66.9 Å². The molecule has 0 radical (unpaired) electrons. The highest BCUT2D eigenvalue weighted by molar-refractivity contribution is 5.79. The molecule has 1 N–H and O–H groups in total. The molecule has 0 spiro atoms. The van der Waals surface area contributed by atoms with Gasteiger partial charge in [0.2, 0.25) is 0 Å². The maximum absolute atomic E-state index is 12.1. The second kappa shape index (κ2) is 8.94. The minimum Gasteiger partial charge on any atom is -0.449 e. The van der Waals surface area contributed by atoms with E-state index in [9.17, 15) is 4.79 Å². The number of hydrogen-bond acceptors (Lipinski definition) is 4. The summed E-state index contributed by atoms with van der Waals surface area (Å²) in [5, 5.41) is 11.6. The van der Waals surface area contributed by atoms with Crippen LogP contribution in [-0.2, 0) is 4.74 Å². The molecule has 5 heteroatoms. The van der Waals surface area contributed by atoms with E-state index in [0.717, 1.165) is 5.56 Å². The van der Waals surface area contributed by atoms with Gasteiger partial charge in [0.1, 0.15) is 18.4 Å². The van der Waals surface area contributed by atoms with E-state index in [1.165, 1.54) is 22.3 Å². The number of benzene rings is 2. The molecule has 30 heavy (non-hydrogen) atoms. The van der Waals surface area contributed by atoms with Gasteiger partial charge < -0.3 is 10.1 Å². The smallest absolute Gasteiger partial charge is 0.407 e. The number of amides is 1. The Morgan fingerprint density at radius 1 is 1.07 bits per heavy atom. The van der Waals surface area contributed by atoms with Gasteiger partial charge in [0.15, 0.2) is 0 Å². The zero-order valence-electron chi connectivity index (χ0n) is 16.3. The van der Waals surface area contributed by atoms with Gasteiger partial charge in [-0.05, 0) is 34.4 Å². The van der Waals surface area contributed by atoms with Gasteiger partial charge in [-0.1, -0.05) is 60.4 Å². The first-order chi connectivity index (χ1) is 14.8. The van der Waals surface area contributed by atoms with Gasteiger partial charge >= 0.3 is 6.09 Å². The first kappa shape index (κ1) is 19.2. The summed E-state index contributed by atoms with van der Waals surface area (Å²) in [6, 6.07) is 21.8. The van der Waals surface area contributed by atoms with Crippen molar-refractivity contribution in [1.82, 2.24) is 10.3 Å².